The first-order valence-corrected chi connectivity index (χ1v) is 21.7. The van der Waals surface area contributed by atoms with Crippen LogP contribution in [0.2, 0.25) is 0 Å². The van der Waals surface area contributed by atoms with Crippen LogP contribution in [-0.4, -0.2) is 37.2 Å². The van der Waals surface area contributed by atoms with Gasteiger partial charge < -0.3 is 14.2 Å². The van der Waals surface area contributed by atoms with E-state index < -0.39 is 6.10 Å². The second kappa shape index (κ2) is 37.2. The first-order chi connectivity index (χ1) is 24.2. The second-order valence-electron chi connectivity index (χ2n) is 15.9. The fraction of sp³-hybridized carbons (Fsp3) is 0.932. The van der Waals surface area contributed by atoms with Gasteiger partial charge in [-0.1, -0.05) is 195 Å². The molecule has 0 rings (SSSR count). The summed E-state index contributed by atoms with van der Waals surface area (Å²) in [5, 5.41) is 0. The maximum Gasteiger partial charge on any atom is 0.306 e. The Kier molecular flexibility index (Phi) is 36.0. The third-order valence-electron chi connectivity index (χ3n) is 9.72. The molecule has 6 nitrogen and oxygen atoms in total. The molecule has 1 atom stereocenters. The Hall–Kier alpha value is -1.59. The van der Waals surface area contributed by atoms with E-state index >= 15 is 0 Å². The zero-order valence-corrected chi connectivity index (χ0v) is 34.0. The summed E-state index contributed by atoms with van der Waals surface area (Å²) in [4.78, 5) is 37.5. The fourth-order valence-corrected chi connectivity index (χ4v) is 6.40. The Labute approximate surface area is 310 Å². The van der Waals surface area contributed by atoms with Gasteiger partial charge in [0, 0.05) is 19.3 Å². The number of carbonyl (C=O) groups excluding carboxylic acids is 3. The quantitative estimate of drug-likeness (QED) is 0.0361. The molecule has 0 aliphatic carbocycles. The number of ether oxygens (including phenoxy) is 3. The van der Waals surface area contributed by atoms with Crippen molar-refractivity contribution in [2.75, 3.05) is 13.2 Å². The minimum absolute atomic E-state index is 0.0663. The average molecular weight is 709 g/mol. The fourth-order valence-electron chi connectivity index (χ4n) is 6.40. The molecule has 0 aromatic heterocycles. The van der Waals surface area contributed by atoms with Gasteiger partial charge in [0.25, 0.3) is 0 Å². The summed E-state index contributed by atoms with van der Waals surface area (Å²) in [6.07, 6.45) is 33.9. The van der Waals surface area contributed by atoms with E-state index in [1.807, 2.05) is 0 Å². The Morgan fingerprint density at radius 3 is 0.980 bits per heavy atom. The highest BCUT2D eigenvalue weighted by molar-refractivity contribution is 5.71. The van der Waals surface area contributed by atoms with Crippen LogP contribution in [-0.2, 0) is 28.6 Å². The first kappa shape index (κ1) is 48.4. The molecule has 0 saturated heterocycles. The van der Waals surface area contributed by atoms with Gasteiger partial charge in [-0.25, -0.2) is 0 Å². The first-order valence-electron chi connectivity index (χ1n) is 21.7. The maximum absolute atomic E-state index is 12.6. The number of rotatable bonds is 38. The van der Waals surface area contributed by atoms with E-state index in [-0.39, 0.29) is 31.1 Å². The van der Waals surface area contributed by atoms with Crippen LogP contribution < -0.4 is 0 Å². The molecule has 0 aliphatic heterocycles. The van der Waals surface area contributed by atoms with Crippen molar-refractivity contribution in [2.24, 2.45) is 11.8 Å². The summed E-state index contributed by atoms with van der Waals surface area (Å²) < 4.78 is 16.6. The van der Waals surface area contributed by atoms with Crippen molar-refractivity contribution in [1.29, 1.82) is 0 Å². The van der Waals surface area contributed by atoms with Crippen LogP contribution in [0.4, 0.5) is 0 Å². The van der Waals surface area contributed by atoms with Gasteiger partial charge in [-0.05, 0) is 31.1 Å². The lowest BCUT2D eigenvalue weighted by molar-refractivity contribution is -0.167. The monoisotopic (exact) mass is 709 g/mol. The van der Waals surface area contributed by atoms with E-state index in [0.717, 1.165) is 69.6 Å². The van der Waals surface area contributed by atoms with Crippen LogP contribution in [0, 0.1) is 11.8 Å². The molecule has 0 unspecified atom stereocenters. The van der Waals surface area contributed by atoms with Gasteiger partial charge in [0.05, 0.1) is 0 Å². The number of unbranched alkanes of at least 4 members (excludes halogenated alkanes) is 23. The molecule has 0 aromatic carbocycles. The molecule has 0 saturated carbocycles. The molecule has 0 amide bonds. The molecule has 0 aromatic rings. The minimum atomic E-state index is -0.760. The third kappa shape index (κ3) is 37.7. The SMILES string of the molecule is CCCCCCCCCCCCC(=O)OC[C@@H](COC(=O)CCCCCCCCCCCCC(C)C)OC(=O)CCCCCCCCC(C)C. The van der Waals surface area contributed by atoms with Crippen molar-refractivity contribution >= 4 is 17.9 Å². The molecule has 50 heavy (non-hydrogen) atoms. The molecular formula is C44H84O6. The van der Waals surface area contributed by atoms with Crippen molar-refractivity contribution in [3.63, 3.8) is 0 Å². The number of hydrogen-bond acceptors (Lipinski definition) is 6. The Morgan fingerprint density at radius 2 is 0.660 bits per heavy atom. The Bertz CT molecular complexity index is 764. The van der Waals surface area contributed by atoms with Crippen LogP contribution in [0.25, 0.3) is 0 Å². The van der Waals surface area contributed by atoms with Crippen LogP contribution in [0.15, 0.2) is 0 Å². The van der Waals surface area contributed by atoms with E-state index in [2.05, 4.69) is 34.6 Å². The number of carbonyl (C=O) groups is 3. The highest BCUT2D eigenvalue weighted by Gasteiger charge is 2.19. The van der Waals surface area contributed by atoms with E-state index in [9.17, 15) is 14.4 Å². The summed E-state index contributed by atoms with van der Waals surface area (Å²) in [6, 6.07) is 0. The van der Waals surface area contributed by atoms with E-state index in [4.69, 9.17) is 14.2 Å². The summed E-state index contributed by atoms with van der Waals surface area (Å²) in [7, 11) is 0. The average Bonchev–Trinajstić information content (AvgIpc) is 3.08. The zero-order valence-electron chi connectivity index (χ0n) is 34.0. The Morgan fingerprint density at radius 1 is 0.380 bits per heavy atom. The lowest BCUT2D eigenvalue weighted by Crippen LogP contribution is -2.30. The largest absolute Gasteiger partial charge is 0.462 e. The minimum Gasteiger partial charge on any atom is -0.462 e. The summed E-state index contributed by atoms with van der Waals surface area (Å²) in [5.41, 5.74) is 0. The standard InChI is InChI=1S/C44H84O6/c1-6-7-8-9-10-11-15-18-24-29-34-42(45)48-37-41(50-44(47)36-31-26-21-20-23-28-33-40(4)5)38-49-43(46)35-30-25-19-16-13-12-14-17-22-27-32-39(2)3/h39-41H,6-38H2,1-5H3/t41-/m0/s1. The van der Waals surface area contributed by atoms with Crippen molar-refractivity contribution < 1.29 is 28.6 Å². The lowest BCUT2D eigenvalue weighted by atomic mass is 10.0. The predicted octanol–water partition coefficient (Wildman–Crippen LogP) is 13.4. The van der Waals surface area contributed by atoms with Gasteiger partial charge in [-0.3, -0.25) is 14.4 Å². The normalized spacial score (nSPS) is 12.1. The molecule has 296 valence electrons. The molecule has 0 N–H and O–H groups in total. The lowest BCUT2D eigenvalue weighted by Gasteiger charge is -2.18. The van der Waals surface area contributed by atoms with Gasteiger partial charge in [-0.15, -0.1) is 0 Å². The van der Waals surface area contributed by atoms with Crippen molar-refractivity contribution in [3.05, 3.63) is 0 Å². The van der Waals surface area contributed by atoms with Gasteiger partial charge in [-0.2, -0.15) is 0 Å². The summed E-state index contributed by atoms with van der Waals surface area (Å²) >= 11 is 0. The molecule has 0 aliphatic rings. The molecule has 0 fully saturated rings. The van der Waals surface area contributed by atoms with Crippen molar-refractivity contribution in [2.45, 2.75) is 240 Å². The van der Waals surface area contributed by atoms with Crippen LogP contribution in [0.3, 0.4) is 0 Å². The smallest absolute Gasteiger partial charge is 0.306 e. The van der Waals surface area contributed by atoms with Crippen LogP contribution >= 0.6 is 0 Å². The second-order valence-corrected chi connectivity index (χ2v) is 15.9. The Balaban J connectivity index is 4.32. The summed E-state index contributed by atoms with van der Waals surface area (Å²) in [6.45, 7) is 11.2. The third-order valence-corrected chi connectivity index (χ3v) is 9.72. The van der Waals surface area contributed by atoms with E-state index in [1.54, 1.807) is 0 Å². The van der Waals surface area contributed by atoms with Gasteiger partial charge in [0.2, 0.25) is 0 Å². The van der Waals surface area contributed by atoms with E-state index in [1.165, 1.54) is 122 Å². The van der Waals surface area contributed by atoms with Gasteiger partial charge in [0.15, 0.2) is 6.10 Å². The molecule has 0 radical (unpaired) electrons. The van der Waals surface area contributed by atoms with Gasteiger partial charge >= 0.3 is 17.9 Å². The molecule has 0 spiro atoms. The van der Waals surface area contributed by atoms with Gasteiger partial charge in [0.1, 0.15) is 13.2 Å². The topological polar surface area (TPSA) is 78.9 Å². The van der Waals surface area contributed by atoms with Crippen LogP contribution in [0.1, 0.15) is 234 Å². The molecule has 0 bridgehead atoms. The maximum atomic E-state index is 12.6. The molecule has 0 heterocycles. The molecule has 6 heteroatoms. The van der Waals surface area contributed by atoms with Crippen molar-refractivity contribution in [3.8, 4) is 0 Å². The summed E-state index contributed by atoms with van der Waals surface area (Å²) in [5.74, 6) is 0.711. The zero-order chi connectivity index (χ0) is 36.9. The molecular weight excluding hydrogens is 624 g/mol. The number of hydrogen-bond donors (Lipinski definition) is 0. The number of esters is 3. The van der Waals surface area contributed by atoms with Crippen LogP contribution in [0.5, 0.6) is 0 Å². The highest BCUT2D eigenvalue weighted by atomic mass is 16.6. The highest BCUT2D eigenvalue weighted by Crippen LogP contribution is 2.16. The predicted molar refractivity (Wildman–Crippen MR) is 210 cm³/mol. The van der Waals surface area contributed by atoms with Crippen molar-refractivity contribution in [1.82, 2.24) is 0 Å². The van der Waals surface area contributed by atoms with E-state index in [0.29, 0.717) is 19.3 Å².